The molecule has 0 aliphatic carbocycles. The van der Waals surface area contributed by atoms with Crippen molar-refractivity contribution in [1.29, 1.82) is 5.26 Å². The summed E-state index contributed by atoms with van der Waals surface area (Å²) >= 11 is 1.15. The summed E-state index contributed by atoms with van der Waals surface area (Å²) in [6, 6.07) is 5.28. The summed E-state index contributed by atoms with van der Waals surface area (Å²) in [5.74, 6) is -0.700. The first kappa shape index (κ1) is 15.0. The van der Waals surface area contributed by atoms with Crippen LogP contribution in [0.3, 0.4) is 0 Å². The van der Waals surface area contributed by atoms with Crippen LogP contribution in [0.2, 0.25) is 0 Å². The molecule has 0 saturated carbocycles. The Morgan fingerprint density at radius 3 is 3.05 bits per heavy atom. The number of nitrogens with one attached hydrogen (secondary N) is 1. The maximum absolute atomic E-state index is 11.5. The molecule has 0 aliphatic heterocycles. The first-order valence-corrected chi connectivity index (χ1v) is 6.56. The molecule has 0 aliphatic rings. The first-order valence-electron chi connectivity index (χ1n) is 5.57. The lowest BCUT2D eigenvalue weighted by Crippen LogP contribution is -2.31. The van der Waals surface area contributed by atoms with E-state index in [2.05, 4.69) is 15.0 Å². The van der Waals surface area contributed by atoms with Crippen LogP contribution >= 0.6 is 11.8 Å². The second-order valence-corrected chi connectivity index (χ2v) is 4.30. The van der Waals surface area contributed by atoms with Gasteiger partial charge in [-0.1, -0.05) is 11.8 Å². The van der Waals surface area contributed by atoms with E-state index in [1.54, 1.807) is 25.3 Å². The van der Waals surface area contributed by atoms with Gasteiger partial charge in [0.25, 0.3) is 0 Å². The molecule has 1 heterocycles. The number of amides is 1. The lowest BCUT2D eigenvalue weighted by Gasteiger charge is -2.05. The van der Waals surface area contributed by atoms with E-state index in [-0.39, 0.29) is 24.8 Å². The molecule has 0 spiro atoms. The fourth-order valence-corrected chi connectivity index (χ4v) is 1.93. The number of rotatable bonds is 6. The molecule has 19 heavy (non-hydrogen) atoms. The lowest BCUT2D eigenvalue weighted by atomic mass is 10.3. The van der Waals surface area contributed by atoms with Gasteiger partial charge in [0, 0.05) is 6.20 Å². The molecular weight excluding hydrogens is 266 g/mol. The van der Waals surface area contributed by atoms with E-state index < -0.39 is 5.97 Å². The van der Waals surface area contributed by atoms with Gasteiger partial charge in [-0.05, 0) is 19.1 Å². The highest BCUT2D eigenvalue weighted by molar-refractivity contribution is 7.99. The molecule has 0 unspecified atom stereocenters. The highest BCUT2D eigenvalue weighted by Crippen LogP contribution is 2.18. The van der Waals surface area contributed by atoms with Crippen molar-refractivity contribution in [1.82, 2.24) is 10.3 Å². The van der Waals surface area contributed by atoms with E-state index in [0.717, 1.165) is 11.8 Å². The average molecular weight is 279 g/mol. The van der Waals surface area contributed by atoms with Gasteiger partial charge in [-0.3, -0.25) is 9.59 Å². The van der Waals surface area contributed by atoms with Crippen LogP contribution in [0.4, 0.5) is 0 Å². The van der Waals surface area contributed by atoms with Crippen LogP contribution in [-0.4, -0.2) is 35.8 Å². The molecule has 0 radical (unpaired) electrons. The number of carbonyl (C=O) groups excluding carboxylic acids is 2. The van der Waals surface area contributed by atoms with Crippen molar-refractivity contribution >= 4 is 23.6 Å². The summed E-state index contributed by atoms with van der Waals surface area (Å²) in [6.07, 6.45) is 1.56. The molecule has 1 aromatic heterocycles. The topological polar surface area (TPSA) is 92.1 Å². The minimum Gasteiger partial charge on any atom is -0.465 e. The SMILES string of the molecule is CCOC(=O)CNC(=O)CSc1ncccc1C#N. The van der Waals surface area contributed by atoms with Crippen molar-refractivity contribution in [2.24, 2.45) is 0 Å². The second-order valence-electron chi connectivity index (χ2n) is 3.34. The molecule has 1 aromatic rings. The molecule has 7 heteroatoms. The molecular formula is C12H13N3O3S. The molecule has 0 atom stereocenters. The Kier molecular flexibility index (Phi) is 6.39. The van der Waals surface area contributed by atoms with Crippen molar-refractivity contribution in [2.45, 2.75) is 11.9 Å². The number of thioether (sulfide) groups is 1. The largest absolute Gasteiger partial charge is 0.465 e. The number of nitriles is 1. The Morgan fingerprint density at radius 2 is 2.37 bits per heavy atom. The molecule has 0 fully saturated rings. The number of ether oxygens (including phenoxy) is 1. The maximum Gasteiger partial charge on any atom is 0.325 e. The smallest absolute Gasteiger partial charge is 0.325 e. The third-order valence-electron chi connectivity index (χ3n) is 1.97. The van der Waals surface area contributed by atoms with Gasteiger partial charge in [0.1, 0.15) is 17.6 Å². The van der Waals surface area contributed by atoms with Crippen LogP contribution in [-0.2, 0) is 14.3 Å². The van der Waals surface area contributed by atoms with Crippen LogP contribution in [0, 0.1) is 11.3 Å². The zero-order valence-corrected chi connectivity index (χ0v) is 11.2. The van der Waals surface area contributed by atoms with E-state index in [9.17, 15) is 9.59 Å². The fourth-order valence-electron chi connectivity index (χ4n) is 1.16. The van der Waals surface area contributed by atoms with E-state index in [4.69, 9.17) is 5.26 Å². The van der Waals surface area contributed by atoms with E-state index in [1.165, 1.54) is 0 Å². The number of aromatic nitrogens is 1. The highest BCUT2D eigenvalue weighted by Gasteiger charge is 2.09. The number of hydrogen-bond donors (Lipinski definition) is 1. The number of hydrogen-bond acceptors (Lipinski definition) is 6. The second kappa shape index (κ2) is 8.11. The summed E-state index contributed by atoms with van der Waals surface area (Å²) < 4.78 is 4.68. The molecule has 1 N–H and O–H groups in total. The van der Waals surface area contributed by atoms with Crippen LogP contribution in [0.5, 0.6) is 0 Å². The summed E-state index contributed by atoms with van der Waals surface area (Å²) in [4.78, 5) is 26.5. The summed E-state index contributed by atoms with van der Waals surface area (Å²) in [5.41, 5.74) is 0.422. The van der Waals surface area contributed by atoms with E-state index in [0.29, 0.717) is 10.6 Å². The number of esters is 1. The summed E-state index contributed by atoms with van der Waals surface area (Å²) in [6.45, 7) is 1.82. The van der Waals surface area contributed by atoms with E-state index >= 15 is 0 Å². The molecule has 1 rings (SSSR count). The Morgan fingerprint density at radius 1 is 1.58 bits per heavy atom. The maximum atomic E-state index is 11.5. The van der Waals surface area contributed by atoms with Crippen molar-refractivity contribution < 1.29 is 14.3 Å². The molecule has 6 nitrogen and oxygen atoms in total. The minimum absolute atomic E-state index is 0.0884. The van der Waals surface area contributed by atoms with Crippen molar-refractivity contribution in [3.63, 3.8) is 0 Å². The van der Waals surface area contributed by atoms with Gasteiger partial charge in [0.2, 0.25) is 5.91 Å². The predicted molar refractivity (Wildman–Crippen MR) is 69.3 cm³/mol. The normalized spacial score (nSPS) is 9.47. The molecule has 0 saturated heterocycles. The van der Waals surface area contributed by atoms with Gasteiger partial charge >= 0.3 is 5.97 Å². The number of nitrogens with zero attached hydrogens (tertiary/aromatic N) is 2. The lowest BCUT2D eigenvalue weighted by molar-refractivity contribution is -0.143. The van der Waals surface area contributed by atoms with Crippen molar-refractivity contribution in [3.8, 4) is 6.07 Å². The van der Waals surface area contributed by atoms with Crippen LogP contribution in [0.25, 0.3) is 0 Å². The summed E-state index contributed by atoms with van der Waals surface area (Å²) in [5, 5.41) is 11.8. The molecule has 100 valence electrons. The van der Waals surface area contributed by atoms with Gasteiger partial charge in [0.05, 0.1) is 17.9 Å². The van der Waals surface area contributed by atoms with Gasteiger partial charge in [0.15, 0.2) is 0 Å². The quantitative estimate of drug-likeness (QED) is 0.609. The molecule has 0 bridgehead atoms. The third kappa shape index (κ3) is 5.40. The summed E-state index contributed by atoms with van der Waals surface area (Å²) in [7, 11) is 0. The molecule has 0 aromatic carbocycles. The minimum atomic E-state index is -0.476. The van der Waals surface area contributed by atoms with E-state index in [1.807, 2.05) is 6.07 Å². The number of pyridine rings is 1. The van der Waals surface area contributed by atoms with Crippen LogP contribution < -0.4 is 5.32 Å². The fraction of sp³-hybridized carbons (Fsp3) is 0.333. The monoisotopic (exact) mass is 279 g/mol. The van der Waals surface area contributed by atoms with Crippen LogP contribution in [0.1, 0.15) is 12.5 Å². The Hall–Kier alpha value is -2.07. The standard InChI is InChI=1S/C12H13N3O3S/c1-2-18-11(17)7-15-10(16)8-19-12-9(6-13)4-3-5-14-12/h3-5H,2,7-8H2,1H3,(H,15,16). The molecule has 1 amide bonds. The third-order valence-corrected chi connectivity index (χ3v) is 2.97. The van der Waals surface area contributed by atoms with Crippen LogP contribution in [0.15, 0.2) is 23.4 Å². The zero-order chi connectivity index (χ0) is 14.1. The van der Waals surface area contributed by atoms with Crippen molar-refractivity contribution in [3.05, 3.63) is 23.9 Å². The highest BCUT2D eigenvalue weighted by atomic mass is 32.2. The zero-order valence-electron chi connectivity index (χ0n) is 10.4. The van der Waals surface area contributed by atoms with Crippen molar-refractivity contribution in [2.75, 3.05) is 18.9 Å². The predicted octanol–water partition coefficient (Wildman–Crippen LogP) is 0.725. The van der Waals surface area contributed by atoms with Gasteiger partial charge in [-0.15, -0.1) is 0 Å². The van der Waals surface area contributed by atoms with Gasteiger partial charge < -0.3 is 10.1 Å². The van der Waals surface area contributed by atoms with Gasteiger partial charge in [-0.2, -0.15) is 5.26 Å². The number of carbonyl (C=O) groups is 2. The average Bonchev–Trinajstić information content (AvgIpc) is 2.43. The Balaban J connectivity index is 2.38. The Labute approximate surface area is 115 Å². The van der Waals surface area contributed by atoms with Gasteiger partial charge in [-0.25, -0.2) is 4.98 Å². The Bertz CT molecular complexity index is 499. The first-order chi connectivity index (χ1) is 9.17.